The van der Waals surface area contributed by atoms with E-state index in [9.17, 15) is 8.42 Å². The molecule has 2 heterocycles. The van der Waals surface area contributed by atoms with Gasteiger partial charge in [-0.2, -0.15) is 4.31 Å². The molecule has 0 radical (unpaired) electrons. The first-order valence-corrected chi connectivity index (χ1v) is 9.19. The van der Waals surface area contributed by atoms with Crippen molar-refractivity contribution in [2.75, 3.05) is 13.1 Å². The van der Waals surface area contributed by atoms with Crippen LogP contribution in [0.2, 0.25) is 0 Å². The molecule has 21 heavy (non-hydrogen) atoms. The third-order valence-corrected chi connectivity index (χ3v) is 6.51. The van der Waals surface area contributed by atoms with E-state index in [4.69, 9.17) is 0 Å². The Morgan fingerprint density at radius 3 is 2.76 bits per heavy atom. The highest BCUT2D eigenvalue weighted by molar-refractivity contribution is 7.89. The van der Waals surface area contributed by atoms with Crippen LogP contribution in [0.5, 0.6) is 0 Å². The van der Waals surface area contributed by atoms with E-state index in [0.29, 0.717) is 23.9 Å². The molecule has 1 aliphatic rings. The van der Waals surface area contributed by atoms with Crippen LogP contribution in [0.3, 0.4) is 0 Å². The number of sulfonamides is 1. The molecule has 0 aliphatic carbocycles. The molecule has 1 aromatic heterocycles. The largest absolute Gasteiger partial charge is 0.352 e. The second kappa shape index (κ2) is 6.50. The minimum absolute atomic E-state index is 0.0705. The van der Waals surface area contributed by atoms with Crippen molar-refractivity contribution in [3.63, 3.8) is 0 Å². The smallest absolute Gasteiger partial charge is 0.244 e. The monoisotopic (exact) mass is 313 g/mol. The number of hydrogen-bond acceptors (Lipinski definition) is 3. The van der Waals surface area contributed by atoms with E-state index in [1.54, 1.807) is 16.6 Å². The van der Waals surface area contributed by atoms with Gasteiger partial charge in [0.1, 0.15) is 4.90 Å². The van der Waals surface area contributed by atoms with Gasteiger partial charge in [-0.05, 0) is 38.3 Å². The summed E-state index contributed by atoms with van der Waals surface area (Å²) in [7, 11) is -1.49. The summed E-state index contributed by atoms with van der Waals surface area (Å²) in [6.45, 7) is 8.38. The molecule has 0 saturated carbocycles. The number of hydrogen-bond donors (Lipinski definition) is 1. The van der Waals surface area contributed by atoms with Crippen molar-refractivity contribution >= 4 is 10.0 Å². The summed E-state index contributed by atoms with van der Waals surface area (Å²) >= 11 is 0. The fourth-order valence-electron chi connectivity index (χ4n) is 2.92. The van der Waals surface area contributed by atoms with Gasteiger partial charge in [0.25, 0.3) is 0 Å². The number of nitrogens with zero attached hydrogens (tertiary/aromatic N) is 2. The van der Waals surface area contributed by atoms with Crippen LogP contribution >= 0.6 is 0 Å². The summed E-state index contributed by atoms with van der Waals surface area (Å²) < 4.78 is 29.3. The van der Waals surface area contributed by atoms with Crippen LogP contribution in [0.15, 0.2) is 17.2 Å². The number of aromatic nitrogens is 1. The zero-order chi connectivity index (χ0) is 15.6. The van der Waals surface area contributed by atoms with E-state index >= 15 is 0 Å². The Bertz CT molecular complexity index is 580. The summed E-state index contributed by atoms with van der Waals surface area (Å²) in [5.41, 5.74) is 0.994. The quantitative estimate of drug-likeness (QED) is 0.904. The molecule has 0 aromatic carbocycles. The molecule has 2 unspecified atom stereocenters. The summed E-state index contributed by atoms with van der Waals surface area (Å²) in [5, 5.41) is 3.24. The van der Waals surface area contributed by atoms with Crippen molar-refractivity contribution in [1.29, 1.82) is 0 Å². The summed E-state index contributed by atoms with van der Waals surface area (Å²) in [6.07, 6.45) is 3.78. The van der Waals surface area contributed by atoms with E-state index in [0.717, 1.165) is 25.1 Å². The van der Waals surface area contributed by atoms with Crippen molar-refractivity contribution in [1.82, 2.24) is 14.2 Å². The van der Waals surface area contributed by atoms with Gasteiger partial charge in [-0.1, -0.05) is 13.8 Å². The van der Waals surface area contributed by atoms with Gasteiger partial charge in [0.05, 0.1) is 0 Å². The maximum absolute atomic E-state index is 12.9. The Morgan fingerprint density at radius 1 is 1.38 bits per heavy atom. The van der Waals surface area contributed by atoms with Crippen molar-refractivity contribution in [3.8, 4) is 0 Å². The number of piperidine rings is 1. The molecule has 2 rings (SSSR count). The molecular formula is C15H27N3O2S. The first-order valence-electron chi connectivity index (χ1n) is 7.75. The molecule has 1 aliphatic heterocycles. The minimum atomic E-state index is -3.39. The highest BCUT2D eigenvalue weighted by Gasteiger charge is 2.35. The number of nitrogens with one attached hydrogen (secondary N) is 1. The van der Waals surface area contributed by atoms with Gasteiger partial charge in [-0.15, -0.1) is 0 Å². The predicted octanol–water partition coefficient (Wildman–Crippen LogP) is 1.94. The molecule has 1 N–H and O–H groups in total. The van der Waals surface area contributed by atoms with Gasteiger partial charge in [0, 0.05) is 38.1 Å². The Hall–Kier alpha value is -0.850. The van der Waals surface area contributed by atoms with Crippen molar-refractivity contribution < 1.29 is 8.42 Å². The molecule has 0 spiro atoms. The first-order chi connectivity index (χ1) is 9.87. The number of aryl methyl sites for hydroxylation is 1. The Labute approximate surface area is 128 Å². The average molecular weight is 313 g/mol. The normalized spacial score (nSPS) is 24.4. The van der Waals surface area contributed by atoms with Gasteiger partial charge < -0.3 is 9.88 Å². The molecule has 6 heteroatoms. The van der Waals surface area contributed by atoms with Gasteiger partial charge in [-0.25, -0.2) is 8.42 Å². The zero-order valence-electron chi connectivity index (χ0n) is 13.5. The van der Waals surface area contributed by atoms with Crippen molar-refractivity contribution in [2.45, 2.75) is 51.1 Å². The lowest BCUT2D eigenvalue weighted by Gasteiger charge is -2.36. The molecule has 1 fully saturated rings. The maximum atomic E-state index is 12.9. The zero-order valence-corrected chi connectivity index (χ0v) is 14.3. The van der Waals surface area contributed by atoms with Crippen molar-refractivity contribution in [2.24, 2.45) is 13.0 Å². The summed E-state index contributed by atoms with van der Waals surface area (Å²) in [6, 6.07) is 1.87. The highest BCUT2D eigenvalue weighted by atomic mass is 32.2. The predicted molar refractivity (Wildman–Crippen MR) is 84.5 cm³/mol. The summed E-state index contributed by atoms with van der Waals surface area (Å²) in [5.74, 6) is 0.415. The van der Waals surface area contributed by atoms with Gasteiger partial charge in [-0.3, -0.25) is 0 Å². The number of rotatable bonds is 5. The second-order valence-corrected chi connectivity index (χ2v) is 7.92. The average Bonchev–Trinajstić information content (AvgIpc) is 2.81. The molecule has 0 amide bonds. The molecule has 1 aromatic rings. The van der Waals surface area contributed by atoms with Crippen LogP contribution in [0.4, 0.5) is 0 Å². The van der Waals surface area contributed by atoms with Crippen LogP contribution < -0.4 is 5.32 Å². The van der Waals surface area contributed by atoms with Crippen LogP contribution in [-0.4, -0.2) is 36.4 Å². The highest BCUT2D eigenvalue weighted by Crippen LogP contribution is 2.29. The van der Waals surface area contributed by atoms with Crippen LogP contribution in [-0.2, 0) is 23.6 Å². The lowest BCUT2D eigenvalue weighted by molar-refractivity contribution is 0.202. The molecule has 5 nitrogen and oxygen atoms in total. The standard InChI is InChI=1S/C15H27N3O2S/c1-5-16-10-14-9-15(11-17(14)4)21(19,20)18-8-6-7-12(2)13(18)3/h9,11-13,16H,5-8,10H2,1-4H3. The van der Waals surface area contributed by atoms with Crippen LogP contribution in [0.25, 0.3) is 0 Å². The molecule has 1 saturated heterocycles. The molecule has 2 atom stereocenters. The van der Waals surface area contributed by atoms with Gasteiger partial charge >= 0.3 is 0 Å². The van der Waals surface area contributed by atoms with E-state index < -0.39 is 10.0 Å². The van der Waals surface area contributed by atoms with Crippen LogP contribution in [0, 0.1) is 5.92 Å². The topological polar surface area (TPSA) is 54.3 Å². The molecule has 0 bridgehead atoms. The third kappa shape index (κ3) is 3.33. The van der Waals surface area contributed by atoms with E-state index in [1.165, 1.54) is 0 Å². The SMILES string of the molecule is CCNCc1cc(S(=O)(=O)N2CCCC(C)C2C)cn1C. The van der Waals surface area contributed by atoms with Gasteiger partial charge in [0.2, 0.25) is 10.0 Å². The maximum Gasteiger partial charge on any atom is 0.244 e. The summed E-state index contributed by atoms with van der Waals surface area (Å²) in [4.78, 5) is 0.416. The first kappa shape index (κ1) is 16.5. The van der Waals surface area contributed by atoms with Crippen molar-refractivity contribution in [3.05, 3.63) is 18.0 Å². The minimum Gasteiger partial charge on any atom is -0.352 e. The van der Waals surface area contributed by atoms with Gasteiger partial charge in [0.15, 0.2) is 0 Å². The fraction of sp³-hybridized carbons (Fsp3) is 0.733. The second-order valence-electron chi connectivity index (χ2n) is 6.03. The van der Waals surface area contributed by atoms with E-state index in [1.807, 2.05) is 25.5 Å². The van der Waals surface area contributed by atoms with E-state index in [2.05, 4.69) is 12.2 Å². The fourth-order valence-corrected chi connectivity index (χ4v) is 4.78. The molecule has 120 valence electrons. The van der Waals surface area contributed by atoms with E-state index in [-0.39, 0.29) is 6.04 Å². The Kier molecular flexibility index (Phi) is 5.11. The third-order valence-electron chi connectivity index (χ3n) is 4.56. The Balaban J connectivity index is 2.27. The van der Waals surface area contributed by atoms with Crippen LogP contribution in [0.1, 0.15) is 39.3 Å². The lowest BCUT2D eigenvalue weighted by Crippen LogP contribution is -2.45. The molecular weight excluding hydrogens is 286 g/mol. The Morgan fingerprint density at radius 2 is 2.10 bits per heavy atom. The lowest BCUT2D eigenvalue weighted by atomic mass is 9.94.